The summed E-state index contributed by atoms with van der Waals surface area (Å²) in [5, 5.41) is 8.07. The number of fused-ring (bicyclic) bond motifs is 1. The summed E-state index contributed by atoms with van der Waals surface area (Å²) in [5.74, 6) is 2.97. The van der Waals surface area contributed by atoms with E-state index in [1.54, 1.807) is 11.5 Å². The van der Waals surface area contributed by atoms with Gasteiger partial charge < -0.3 is 19.9 Å². The minimum atomic E-state index is 0.342. The first-order valence-corrected chi connectivity index (χ1v) is 13.7. The highest BCUT2D eigenvalue weighted by Crippen LogP contribution is 2.30. The molecular weight excluding hydrogens is 516 g/mol. The van der Waals surface area contributed by atoms with Crippen molar-refractivity contribution >= 4 is 62.4 Å². The molecule has 4 aromatic rings. The Labute approximate surface area is 231 Å². The first-order valence-electron chi connectivity index (χ1n) is 12.5. The van der Waals surface area contributed by atoms with Crippen LogP contribution in [0.2, 0.25) is 0 Å². The van der Waals surface area contributed by atoms with Crippen molar-refractivity contribution < 1.29 is 4.74 Å². The molecule has 0 atom stereocenters. The Bertz CT molecular complexity index is 1430. The van der Waals surface area contributed by atoms with Gasteiger partial charge in [-0.05, 0) is 87.0 Å². The van der Waals surface area contributed by atoms with Crippen LogP contribution in [-0.4, -0.2) is 63.1 Å². The van der Waals surface area contributed by atoms with E-state index in [0.29, 0.717) is 23.6 Å². The molecule has 2 aromatic heterocycles. The van der Waals surface area contributed by atoms with E-state index in [1.807, 2.05) is 51.1 Å². The molecule has 0 saturated carbocycles. The number of hydrogen-bond acceptors (Lipinski definition) is 7. The summed E-state index contributed by atoms with van der Waals surface area (Å²) in [6.07, 6.45) is 0. The lowest BCUT2D eigenvalue weighted by Crippen LogP contribution is -2.51. The Morgan fingerprint density at radius 3 is 2.42 bits per heavy atom. The molecule has 38 heavy (non-hydrogen) atoms. The van der Waals surface area contributed by atoms with E-state index < -0.39 is 0 Å². The minimum absolute atomic E-state index is 0.342. The molecule has 11 heteroatoms. The van der Waals surface area contributed by atoms with Crippen LogP contribution in [0.1, 0.15) is 18.3 Å². The fraction of sp³-hybridized carbons (Fsp3) is 0.296. The van der Waals surface area contributed by atoms with E-state index in [2.05, 4.69) is 54.7 Å². The molecule has 2 aromatic carbocycles. The Hall–Kier alpha value is -3.83. The Morgan fingerprint density at radius 1 is 1.00 bits per heavy atom. The maximum atomic E-state index is 5.62. The number of aliphatic imine (C=N–C) groups is 1. The number of ether oxygens (including phenoxy) is 1. The van der Waals surface area contributed by atoms with E-state index in [9.17, 15) is 0 Å². The number of hydrogen-bond donors (Lipinski definition) is 2. The first-order chi connectivity index (χ1) is 18.5. The number of aryl methyl sites for hydroxylation is 2. The SMILES string of the molecule is CCOc1ccc(NC(=S)/N=C(/Nc2nc(C)cc(C)n2)N2CCN(c3nsc4ccccc34)CC2)cc1. The summed E-state index contributed by atoms with van der Waals surface area (Å²) in [4.78, 5) is 18.4. The Balaban J connectivity index is 1.33. The monoisotopic (exact) mass is 546 g/mol. The number of nitrogens with one attached hydrogen (secondary N) is 2. The van der Waals surface area contributed by atoms with Gasteiger partial charge >= 0.3 is 0 Å². The van der Waals surface area contributed by atoms with Gasteiger partial charge in [-0.15, -0.1) is 0 Å². The second-order valence-corrected chi connectivity index (χ2v) is 10.1. The van der Waals surface area contributed by atoms with Crippen molar-refractivity contribution in [1.82, 2.24) is 19.2 Å². The quantitative estimate of drug-likeness (QED) is 0.202. The van der Waals surface area contributed by atoms with Gasteiger partial charge in [0.2, 0.25) is 17.0 Å². The largest absolute Gasteiger partial charge is 0.494 e. The Kier molecular flexibility index (Phi) is 7.94. The molecule has 196 valence electrons. The zero-order valence-corrected chi connectivity index (χ0v) is 23.3. The van der Waals surface area contributed by atoms with Crippen molar-refractivity contribution in [3.63, 3.8) is 0 Å². The lowest BCUT2D eigenvalue weighted by Gasteiger charge is -2.36. The lowest BCUT2D eigenvalue weighted by molar-refractivity contribution is 0.340. The third kappa shape index (κ3) is 6.17. The zero-order valence-electron chi connectivity index (χ0n) is 21.6. The van der Waals surface area contributed by atoms with Crippen molar-refractivity contribution in [2.75, 3.05) is 48.3 Å². The average Bonchev–Trinajstić information content (AvgIpc) is 3.33. The molecule has 2 N–H and O–H groups in total. The highest BCUT2D eigenvalue weighted by Gasteiger charge is 2.24. The van der Waals surface area contributed by atoms with Crippen LogP contribution in [0.5, 0.6) is 5.75 Å². The van der Waals surface area contributed by atoms with Crippen LogP contribution in [-0.2, 0) is 0 Å². The summed E-state index contributed by atoms with van der Waals surface area (Å²) in [7, 11) is 0. The Morgan fingerprint density at radius 2 is 1.71 bits per heavy atom. The fourth-order valence-corrected chi connectivity index (χ4v) is 5.34. The summed E-state index contributed by atoms with van der Waals surface area (Å²) in [6, 6.07) is 18.0. The van der Waals surface area contributed by atoms with Crippen LogP contribution in [0.3, 0.4) is 0 Å². The summed E-state index contributed by atoms with van der Waals surface area (Å²) >= 11 is 7.16. The molecule has 0 amide bonds. The van der Waals surface area contributed by atoms with E-state index in [-0.39, 0.29) is 0 Å². The summed E-state index contributed by atoms with van der Waals surface area (Å²) in [5.41, 5.74) is 2.61. The minimum Gasteiger partial charge on any atom is -0.494 e. The van der Waals surface area contributed by atoms with E-state index in [0.717, 1.165) is 54.8 Å². The molecule has 3 heterocycles. The molecule has 0 unspecified atom stereocenters. The van der Waals surface area contributed by atoms with Crippen molar-refractivity contribution in [2.24, 2.45) is 4.99 Å². The van der Waals surface area contributed by atoms with Gasteiger partial charge in [-0.3, -0.25) is 5.32 Å². The van der Waals surface area contributed by atoms with Crippen LogP contribution in [0.25, 0.3) is 10.1 Å². The van der Waals surface area contributed by atoms with Crippen molar-refractivity contribution in [3.05, 3.63) is 66.0 Å². The molecule has 0 spiro atoms. The van der Waals surface area contributed by atoms with Gasteiger partial charge in [0, 0.05) is 48.6 Å². The van der Waals surface area contributed by atoms with Crippen LogP contribution in [0, 0.1) is 13.8 Å². The van der Waals surface area contributed by atoms with E-state index in [1.165, 1.54) is 10.1 Å². The second-order valence-electron chi connectivity index (χ2n) is 8.90. The van der Waals surface area contributed by atoms with E-state index in [4.69, 9.17) is 26.3 Å². The number of nitrogens with zero attached hydrogens (tertiary/aromatic N) is 6. The molecular formula is C27H30N8OS2. The zero-order chi connectivity index (χ0) is 26.5. The van der Waals surface area contributed by atoms with Gasteiger partial charge in [0.25, 0.3) is 0 Å². The topological polar surface area (TPSA) is 90.8 Å². The molecule has 0 bridgehead atoms. The fourth-order valence-electron chi connectivity index (χ4n) is 4.34. The molecule has 9 nitrogen and oxygen atoms in total. The third-order valence-electron chi connectivity index (χ3n) is 6.07. The van der Waals surface area contributed by atoms with Gasteiger partial charge in [0.05, 0.1) is 11.3 Å². The van der Waals surface area contributed by atoms with Gasteiger partial charge in [-0.1, -0.05) is 12.1 Å². The maximum Gasteiger partial charge on any atom is 0.229 e. The number of guanidine groups is 1. The summed E-state index contributed by atoms with van der Waals surface area (Å²) < 4.78 is 11.5. The third-order valence-corrected chi connectivity index (χ3v) is 7.08. The van der Waals surface area contributed by atoms with Crippen molar-refractivity contribution in [1.29, 1.82) is 0 Å². The number of aromatic nitrogens is 3. The maximum absolute atomic E-state index is 5.62. The van der Waals surface area contributed by atoms with Crippen molar-refractivity contribution in [2.45, 2.75) is 20.8 Å². The molecule has 1 saturated heterocycles. The highest BCUT2D eigenvalue weighted by molar-refractivity contribution is 7.80. The van der Waals surface area contributed by atoms with Gasteiger partial charge in [-0.2, -0.15) is 9.37 Å². The van der Waals surface area contributed by atoms with Crippen molar-refractivity contribution in [3.8, 4) is 5.75 Å². The smallest absolute Gasteiger partial charge is 0.229 e. The molecule has 0 radical (unpaired) electrons. The van der Waals surface area contributed by atoms with Gasteiger partial charge in [0.1, 0.15) is 11.6 Å². The predicted octanol–water partition coefficient (Wildman–Crippen LogP) is 5.09. The molecule has 1 aliphatic rings. The summed E-state index contributed by atoms with van der Waals surface area (Å²) in [6.45, 7) is 9.59. The van der Waals surface area contributed by atoms with Gasteiger partial charge in [-0.25, -0.2) is 9.97 Å². The number of anilines is 3. The van der Waals surface area contributed by atoms with Crippen LogP contribution >= 0.6 is 23.8 Å². The lowest BCUT2D eigenvalue weighted by atomic mass is 10.2. The molecule has 1 fully saturated rings. The number of thiocarbonyl (C=S) groups is 1. The molecule has 5 rings (SSSR count). The average molecular weight is 547 g/mol. The van der Waals surface area contributed by atoms with Crippen LogP contribution < -0.4 is 20.3 Å². The predicted molar refractivity (Wildman–Crippen MR) is 160 cm³/mol. The number of piperazine rings is 1. The molecule has 1 aliphatic heterocycles. The standard InChI is InChI=1S/C27H30N8OS2/c1-4-36-21-11-9-20(10-12-21)30-27(37)32-26(31-25-28-18(2)17-19(3)29-25)35-15-13-34(14-16-35)24-22-7-5-6-8-23(22)38-33-24/h5-12,17H,4,13-16H2,1-3H3,(H2,28,29,30,31,32,37). The first kappa shape index (κ1) is 25.8. The van der Waals surface area contributed by atoms with E-state index >= 15 is 0 Å². The number of rotatable bonds is 5. The van der Waals surface area contributed by atoms with Crippen LogP contribution in [0.15, 0.2) is 59.6 Å². The normalized spacial score (nSPS) is 14.0. The second kappa shape index (κ2) is 11.7. The highest BCUT2D eigenvalue weighted by atomic mass is 32.1. The van der Waals surface area contributed by atoms with Gasteiger partial charge in [0.15, 0.2) is 0 Å². The number of benzene rings is 2. The molecule has 0 aliphatic carbocycles. The van der Waals surface area contributed by atoms with Crippen LogP contribution in [0.4, 0.5) is 17.5 Å².